The molecule has 0 saturated heterocycles. The van der Waals surface area contributed by atoms with Crippen LogP contribution in [0.2, 0.25) is 0 Å². The van der Waals surface area contributed by atoms with Crippen molar-refractivity contribution >= 4 is 17.1 Å². The van der Waals surface area contributed by atoms with Crippen LogP contribution in [0, 0.1) is 0 Å². The Morgan fingerprint density at radius 3 is 1.66 bits per heavy atom. The van der Waals surface area contributed by atoms with Crippen LogP contribution in [0.3, 0.4) is 0 Å². The van der Waals surface area contributed by atoms with Gasteiger partial charge in [-0.15, -0.1) is 0 Å². The molecule has 0 unspecified atom stereocenters. The van der Waals surface area contributed by atoms with Crippen molar-refractivity contribution in [1.29, 1.82) is 0 Å². The van der Waals surface area contributed by atoms with E-state index in [4.69, 9.17) is 4.74 Å². The van der Waals surface area contributed by atoms with Crippen molar-refractivity contribution in [3.05, 3.63) is 83.9 Å². The topological polar surface area (TPSA) is 32.7 Å². The second-order valence-electron chi connectivity index (χ2n) is 6.87. The van der Waals surface area contributed by atoms with Crippen molar-refractivity contribution in [2.45, 2.75) is 32.7 Å². The Morgan fingerprint density at radius 1 is 0.793 bits per heavy atom. The van der Waals surface area contributed by atoms with Crippen LogP contribution in [-0.4, -0.2) is 11.2 Å². The number of benzene rings is 3. The van der Waals surface area contributed by atoms with Crippen molar-refractivity contribution in [2.75, 3.05) is 4.90 Å². The minimum Gasteiger partial charge on any atom is -0.491 e. The number of nitrogens with zero attached hydrogens (tertiary/aromatic N) is 1. The van der Waals surface area contributed by atoms with Gasteiger partial charge in [0.25, 0.3) is 0 Å². The molecule has 0 aliphatic heterocycles. The van der Waals surface area contributed by atoms with Crippen molar-refractivity contribution < 1.29 is 23.0 Å². The van der Waals surface area contributed by atoms with E-state index < -0.39 is 11.7 Å². The van der Waals surface area contributed by atoms with Crippen molar-refractivity contribution in [3.63, 3.8) is 0 Å². The minimum absolute atomic E-state index is 0.0397. The highest BCUT2D eigenvalue weighted by Crippen LogP contribution is 2.37. The number of halogens is 3. The number of alkyl halides is 3. The third-order valence-electron chi connectivity index (χ3n) is 4.30. The van der Waals surface area contributed by atoms with Gasteiger partial charge in [0.2, 0.25) is 0 Å². The van der Waals surface area contributed by atoms with Crippen LogP contribution in [-0.2, 0) is 12.8 Å². The molecule has 3 aromatic rings. The second kappa shape index (κ2) is 8.57. The lowest BCUT2D eigenvalue weighted by molar-refractivity contribution is -0.137. The predicted molar refractivity (Wildman–Crippen MR) is 108 cm³/mol. The van der Waals surface area contributed by atoms with E-state index in [1.54, 1.807) is 12.1 Å². The largest absolute Gasteiger partial charge is 0.491 e. The van der Waals surface area contributed by atoms with Gasteiger partial charge in [-0.05, 0) is 80.1 Å². The van der Waals surface area contributed by atoms with E-state index in [0.717, 1.165) is 29.1 Å². The summed E-state index contributed by atoms with van der Waals surface area (Å²) in [5.41, 5.74) is 2.18. The lowest BCUT2D eigenvalue weighted by atomic mass is 10.1. The average molecular weight is 401 g/mol. The van der Waals surface area contributed by atoms with Gasteiger partial charge in [-0.25, -0.2) is 0 Å². The van der Waals surface area contributed by atoms with Crippen LogP contribution in [0.15, 0.2) is 72.8 Å². The Morgan fingerprint density at radius 2 is 1.24 bits per heavy atom. The van der Waals surface area contributed by atoms with Gasteiger partial charge in [-0.1, -0.05) is 12.1 Å². The molecule has 3 rings (SSSR count). The summed E-state index contributed by atoms with van der Waals surface area (Å²) in [5, 5.41) is 9.28. The molecular formula is C23H22F3NO2. The first-order valence-corrected chi connectivity index (χ1v) is 9.22. The van der Waals surface area contributed by atoms with E-state index in [1.165, 1.54) is 12.1 Å². The number of hydrogen-bond acceptors (Lipinski definition) is 3. The van der Waals surface area contributed by atoms with Gasteiger partial charge < -0.3 is 14.7 Å². The van der Waals surface area contributed by atoms with E-state index in [-0.39, 0.29) is 12.7 Å². The Bertz CT molecular complexity index is 918. The fourth-order valence-electron chi connectivity index (χ4n) is 2.94. The monoisotopic (exact) mass is 401 g/mol. The fourth-order valence-corrected chi connectivity index (χ4v) is 2.94. The van der Waals surface area contributed by atoms with E-state index in [1.807, 2.05) is 55.1 Å². The summed E-state index contributed by atoms with van der Waals surface area (Å²) in [4.78, 5) is 1.85. The van der Waals surface area contributed by atoms with Crippen LogP contribution in [0.25, 0.3) is 0 Å². The minimum atomic E-state index is -4.39. The van der Waals surface area contributed by atoms with Crippen LogP contribution in [0.5, 0.6) is 5.75 Å². The highest BCUT2D eigenvalue weighted by Gasteiger charge is 2.30. The van der Waals surface area contributed by atoms with Crippen LogP contribution in [0.1, 0.15) is 25.0 Å². The fraction of sp³-hybridized carbons (Fsp3) is 0.217. The quantitative estimate of drug-likeness (QED) is 0.515. The molecule has 3 aromatic carbocycles. The maximum Gasteiger partial charge on any atom is 0.416 e. The van der Waals surface area contributed by atoms with Gasteiger partial charge >= 0.3 is 6.18 Å². The Kier molecular flexibility index (Phi) is 6.13. The third-order valence-corrected chi connectivity index (χ3v) is 4.30. The van der Waals surface area contributed by atoms with E-state index >= 15 is 0 Å². The summed E-state index contributed by atoms with van der Waals surface area (Å²) in [6, 6.07) is 19.6. The molecule has 0 radical (unpaired) electrons. The van der Waals surface area contributed by atoms with Crippen LogP contribution >= 0.6 is 0 Å². The highest BCUT2D eigenvalue weighted by molar-refractivity contribution is 5.76. The van der Waals surface area contributed by atoms with Gasteiger partial charge in [0, 0.05) is 17.1 Å². The molecule has 0 atom stereocenters. The SMILES string of the molecule is CC(C)Oc1ccc(N(c2ccc(CO)cc2)c2ccc(C(F)(F)F)cc2)cc1. The zero-order valence-electron chi connectivity index (χ0n) is 16.1. The molecule has 0 saturated carbocycles. The molecule has 0 aliphatic carbocycles. The molecule has 3 nitrogen and oxygen atoms in total. The zero-order chi connectivity index (χ0) is 21.0. The molecule has 0 aliphatic rings. The van der Waals surface area contributed by atoms with Gasteiger partial charge in [-0.3, -0.25) is 0 Å². The summed E-state index contributed by atoms with van der Waals surface area (Å²) in [5.74, 6) is 0.715. The number of ether oxygens (including phenoxy) is 1. The molecule has 0 aromatic heterocycles. The molecular weight excluding hydrogens is 379 g/mol. The van der Waals surface area contributed by atoms with Crippen molar-refractivity contribution in [3.8, 4) is 5.75 Å². The summed E-state index contributed by atoms with van der Waals surface area (Å²) < 4.78 is 44.5. The molecule has 0 spiro atoms. The summed E-state index contributed by atoms with van der Waals surface area (Å²) in [6.07, 6.45) is -4.35. The Labute approximate surface area is 168 Å². The Balaban J connectivity index is 2.01. The van der Waals surface area contributed by atoms with Crippen LogP contribution in [0.4, 0.5) is 30.2 Å². The summed E-state index contributed by atoms with van der Waals surface area (Å²) in [7, 11) is 0. The maximum absolute atomic E-state index is 12.9. The molecule has 152 valence electrons. The van der Waals surface area contributed by atoms with E-state index in [9.17, 15) is 18.3 Å². The molecule has 1 N–H and O–H groups in total. The van der Waals surface area contributed by atoms with Gasteiger partial charge in [0.05, 0.1) is 18.3 Å². The first-order valence-electron chi connectivity index (χ1n) is 9.22. The van der Waals surface area contributed by atoms with E-state index in [2.05, 4.69) is 0 Å². The molecule has 0 heterocycles. The normalized spacial score (nSPS) is 11.6. The molecule has 0 amide bonds. The standard InChI is InChI=1S/C23H22F3NO2/c1-16(2)29-22-13-11-21(12-14-22)27(19-7-3-17(15-28)4-8-19)20-9-5-18(6-10-20)23(24,25)26/h3-14,16,28H,15H2,1-2H3. The maximum atomic E-state index is 12.9. The number of aliphatic hydroxyl groups is 1. The molecule has 0 fully saturated rings. The zero-order valence-corrected chi connectivity index (χ0v) is 16.1. The van der Waals surface area contributed by atoms with Crippen LogP contribution < -0.4 is 9.64 Å². The molecule has 0 bridgehead atoms. The smallest absolute Gasteiger partial charge is 0.416 e. The van der Waals surface area contributed by atoms with Crippen molar-refractivity contribution in [2.24, 2.45) is 0 Å². The Hall–Kier alpha value is -2.99. The molecule has 29 heavy (non-hydrogen) atoms. The number of hydrogen-bond donors (Lipinski definition) is 1. The first-order chi connectivity index (χ1) is 13.8. The summed E-state index contributed by atoms with van der Waals surface area (Å²) >= 11 is 0. The third kappa shape index (κ3) is 5.09. The molecule has 6 heteroatoms. The van der Waals surface area contributed by atoms with Gasteiger partial charge in [0.15, 0.2) is 0 Å². The predicted octanol–water partition coefficient (Wildman–Crippen LogP) is 6.45. The van der Waals surface area contributed by atoms with E-state index in [0.29, 0.717) is 11.4 Å². The lowest BCUT2D eigenvalue weighted by Gasteiger charge is -2.26. The lowest BCUT2D eigenvalue weighted by Crippen LogP contribution is -2.11. The average Bonchev–Trinajstić information content (AvgIpc) is 2.69. The number of anilines is 3. The number of aliphatic hydroxyl groups excluding tert-OH is 1. The van der Waals surface area contributed by atoms with Gasteiger partial charge in [-0.2, -0.15) is 13.2 Å². The van der Waals surface area contributed by atoms with Gasteiger partial charge in [0.1, 0.15) is 5.75 Å². The summed E-state index contributed by atoms with van der Waals surface area (Å²) in [6.45, 7) is 3.79. The number of rotatable bonds is 6. The van der Waals surface area contributed by atoms with Crippen molar-refractivity contribution in [1.82, 2.24) is 0 Å². The highest BCUT2D eigenvalue weighted by atomic mass is 19.4. The first kappa shape index (κ1) is 20.7. The second-order valence-corrected chi connectivity index (χ2v) is 6.87.